The van der Waals surface area contributed by atoms with E-state index in [1.807, 2.05) is 0 Å². The smallest absolute Gasteiger partial charge is 0.409 e. The van der Waals surface area contributed by atoms with Gasteiger partial charge in [-0.1, -0.05) is 58.5 Å². The molecule has 26 heteroatoms. The Morgan fingerprint density at radius 2 is 1.03 bits per heavy atom. The highest BCUT2D eigenvalue weighted by Crippen LogP contribution is 2.58. The summed E-state index contributed by atoms with van der Waals surface area (Å²) in [6.07, 6.45) is -10.1. The third-order valence-electron chi connectivity index (χ3n) is 10.8. The zero-order valence-corrected chi connectivity index (χ0v) is 42.1. The number of hydrogen-bond acceptors (Lipinski definition) is 11. The second-order valence-electron chi connectivity index (χ2n) is 16.0. The lowest BCUT2D eigenvalue weighted by molar-refractivity contribution is -0.160. The molecule has 2 fully saturated rings. The van der Waals surface area contributed by atoms with E-state index in [2.05, 4.69) is 14.1 Å². The molecule has 0 radical (unpaired) electrons. The van der Waals surface area contributed by atoms with Crippen molar-refractivity contribution >= 4 is 126 Å². The van der Waals surface area contributed by atoms with Crippen molar-refractivity contribution in [1.29, 1.82) is 0 Å². The van der Waals surface area contributed by atoms with Gasteiger partial charge >= 0.3 is 18.3 Å². The van der Waals surface area contributed by atoms with Crippen LogP contribution in [0.25, 0.3) is 0 Å². The summed E-state index contributed by atoms with van der Waals surface area (Å²) in [5, 5.41) is 12.2. The number of nitrogens with zero attached hydrogens (tertiary/aromatic N) is 2. The molecule has 4 aromatic rings. The van der Waals surface area contributed by atoms with Crippen LogP contribution < -0.4 is 11.1 Å². The van der Waals surface area contributed by atoms with Crippen LogP contribution >= 0.6 is 82.7 Å². The third kappa shape index (κ3) is 12.4. The van der Waals surface area contributed by atoms with E-state index < -0.39 is 72.3 Å². The first kappa shape index (κ1) is 55.7. The molecule has 11 nitrogen and oxygen atoms in total. The van der Waals surface area contributed by atoms with Crippen molar-refractivity contribution in [1.82, 2.24) is 5.32 Å². The summed E-state index contributed by atoms with van der Waals surface area (Å²) in [5.41, 5.74) is 7.78. The monoisotopic (exact) mass is 1130 g/mol. The fourth-order valence-electron chi connectivity index (χ4n) is 7.39. The lowest BCUT2D eigenvalue weighted by Gasteiger charge is -2.30. The number of aromatic carboxylic acids is 1. The number of halogens is 11. The quantitative estimate of drug-likeness (QED) is 0.119. The number of hydrogen-bond donors (Lipinski definition) is 3. The van der Waals surface area contributed by atoms with Crippen molar-refractivity contribution < 1.29 is 57.9 Å². The second-order valence-corrected chi connectivity index (χ2v) is 24.2. The van der Waals surface area contributed by atoms with Crippen LogP contribution in [-0.2, 0) is 29.2 Å². The molecule has 0 aliphatic carbocycles. The summed E-state index contributed by atoms with van der Waals surface area (Å²) >= 11 is 24.6. The van der Waals surface area contributed by atoms with Gasteiger partial charge in [-0.05, 0) is 132 Å². The van der Waals surface area contributed by atoms with Gasteiger partial charge in [0.1, 0.15) is 0 Å². The van der Waals surface area contributed by atoms with Gasteiger partial charge in [0.2, 0.25) is 0 Å². The number of nitrogens with two attached hydrogens (primary N) is 1. The van der Waals surface area contributed by atoms with E-state index >= 15 is 0 Å². The molecule has 2 saturated heterocycles. The van der Waals surface area contributed by atoms with Gasteiger partial charge < -0.3 is 16.2 Å². The molecule has 4 aliphatic heterocycles. The molecule has 4 aromatic carbocycles. The van der Waals surface area contributed by atoms with Gasteiger partial charge in [-0.3, -0.25) is 4.79 Å². The molecule has 8 rings (SSSR count). The molecule has 68 heavy (non-hydrogen) atoms. The van der Waals surface area contributed by atoms with E-state index in [-0.39, 0.29) is 89.7 Å². The average molecular weight is 1130 g/mol. The SMILES string of the molecule is Cc1cc(C2=NSC(c3cc(Cl)cc(Cl)c3)(C(F)(F)F)C2)ccc1C(=O)NC1CS(=O)(=O)C1.Cc1cc(C2=NSC(c3cc(Cl)cc(Cl)c3)(C(F)(F)F)C2)ccc1C(=O)O.Cl.NC1CS(=O)(=O)C1. The molecule has 1 amide bonds. The number of nitrogens with one attached hydrogen (secondary N) is 1. The Morgan fingerprint density at radius 1 is 0.662 bits per heavy atom. The van der Waals surface area contributed by atoms with Crippen molar-refractivity contribution in [2.75, 3.05) is 23.0 Å². The summed E-state index contributed by atoms with van der Waals surface area (Å²) in [4.78, 5) is 23.6. The Balaban J connectivity index is 0.000000222. The summed E-state index contributed by atoms with van der Waals surface area (Å²) in [6, 6.07) is 16.2. The van der Waals surface area contributed by atoms with Crippen LogP contribution in [0.2, 0.25) is 20.1 Å². The predicted octanol–water partition coefficient (Wildman–Crippen LogP) is 10.6. The largest absolute Gasteiger partial charge is 0.478 e. The number of carbonyl (C=O) groups is 2. The van der Waals surface area contributed by atoms with Crippen molar-refractivity contribution in [2.24, 2.45) is 14.5 Å². The highest BCUT2D eigenvalue weighted by molar-refractivity contribution is 7.99. The van der Waals surface area contributed by atoms with Gasteiger partial charge in [-0.2, -0.15) is 26.3 Å². The Hall–Kier alpha value is -3.25. The lowest BCUT2D eigenvalue weighted by atomic mass is 9.89. The molecule has 368 valence electrons. The van der Waals surface area contributed by atoms with Gasteiger partial charge in [0.15, 0.2) is 29.2 Å². The topological polar surface area (TPSA) is 185 Å². The maximum atomic E-state index is 14.2. The van der Waals surface area contributed by atoms with Crippen LogP contribution in [0.4, 0.5) is 26.3 Å². The summed E-state index contributed by atoms with van der Waals surface area (Å²) in [6.45, 7) is 3.25. The van der Waals surface area contributed by atoms with Crippen LogP contribution in [0.15, 0.2) is 81.6 Å². The molecule has 0 spiro atoms. The third-order valence-corrected chi connectivity index (χ3v) is 17.8. The molecular weight excluding hydrogens is 1090 g/mol. The van der Waals surface area contributed by atoms with Crippen molar-refractivity contribution in [2.45, 2.75) is 60.6 Å². The van der Waals surface area contributed by atoms with E-state index in [1.54, 1.807) is 19.9 Å². The zero-order chi connectivity index (χ0) is 49.7. The Bertz CT molecular complexity index is 2880. The van der Waals surface area contributed by atoms with Gasteiger partial charge in [-0.25, -0.2) is 30.4 Å². The lowest BCUT2D eigenvalue weighted by Crippen LogP contribution is -2.53. The summed E-state index contributed by atoms with van der Waals surface area (Å²) < 4.78 is 131. The van der Waals surface area contributed by atoms with Gasteiger partial charge in [0, 0.05) is 44.5 Å². The molecule has 4 heterocycles. The maximum Gasteiger partial charge on any atom is 0.409 e. The first-order chi connectivity index (χ1) is 30.9. The van der Waals surface area contributed by atoms with E-state index in [9.17, 15) is 52.8 Å². The number of alkyl halides is 6. The zero-order valence-electron chi connectivity index (χ0n) is 35.0. The van der Waals surface area contributed by atoms with Crippen LogP contribution in [0, 0.1) is 13.8 Å². The summed E-state index contributed by atoms with van der Waals surface area (Å²) in [5.74, 6) is -1.35. The first-order valence-corrected chi connectivity index (χ1v) is 26.1. The predicted molar refractivity (Wildman–Crippen MR) is 259 cm³/mol. The summed E-state index contributed by atoms with van der Waals surface area (Å²) in [7, 11) is -5.73. The van der Waals surface area contributed by atoms with Crippen molar-refractivity contribution in [3.05, 3.63) is 137 Å². The number of benzene rings is 4. The van der Waals surface area contributed by atoms with E-state index in [1.165, 1.54) is 66.7 Å². The first-order valence-electron chi connectivity index (χ1n) is 19.4. The number of carboxylic acid groups (broad SMARTS) is 1. The number of sulfone groups is 2. The second kappa shape index (κ2) is 20.8. The number of aryl methyl sites for hydroxylation is 2. The fraction of sp³-hybridized carbons (Fsp3) is 0.333. The Morgan fingerprint density at radius 3 is 1.32 bits per heavy atom. The highest BCUT2D eigenvalue weighted by atomic mass is 35.5. The van der Waals surface area contributed by atoms with E-state index in [4.69, 9.17) is 57.2 Å². The average Bonchev–Trinajstić information content (AvgIpc) is 3.84. The number of rotatable bonds is 7. The maximum absolute atomic E-state index is 14.2. The molecule has 2 unspecified atom stereocenters. The molecule has 0 aromatic heterocycles. The van der Waals surface area contributed by atoms with Crippen molar-refractivity contribution in [3.8, 4) is 0 Å². The molecule has 4 aliphatic rings. The molecule has 4 N–H and O–H groups in total. The minimum atomic E-state index is -4.63. The molecule has 0 saturated carbocycles. The minimum absolute atomic E-state index is 0. The van der Waals surface area contributed by atoms with E-state index in [0.717, 1.165) is 0 Å². The number of amides is 1. The molecular formula is C42H37Cl5F6N4O7S4. The van der Waals surface area contributed by atoms with Crippen LogP contribution in [0.1, 0.15) is 66.9 Å². The highest BCUT2D eigenvalue weighted by Gasteiger charge is 2.61. The van der Waals surface area contributed by atoms with Gasteiger partial charge in [0.25, 0.3) is 5.91 Å². The molecule has 2 atom stereocenters. The number of carbonyl (C=O) groups excluding carboxylic acids is 1. The number of carboxylic acids is 1. The fourth-order valence-corrected chi connectivity index (χ4v) is 12.9. The Kier molecular flexibility index (Phi) is 17.1. The Labute approximate surface area is 421 Å². The van der Waals surface area contributed by atoms with E-state index in [0.29, 0.717) is 51.7 Å². The standard InChI is InChI=1S/C21H17Cl2F3N2O3S2.C18H12Cl2F3NO2S.C3H7NO2S.ClH/c1-11-4-12(2-3-17(11)19(29)27-16-9-33(30,31)10-16)18-8-20(32-28-18,21(24,25)26)13-5-14(22)7-15(23)6-13;1-9-4-10(2-3-14(9)16(25)26)15-8-17(27-24-15,18(21,22)23)11-5-12(19)7-13(20)6-11;4-3-1-7(5,6)2-3;/h2-7,16H,8-10H2,1H3,(H,27,29);2-7H,8H2,1H3,(H,25,26);3H,1-2,4H2;1H. The van der Waals surface area contributed by atoms with Crippen LogP contribution in [0.5, 0.6) is 0 Å². The normalized spacial score (nSPS) is 21.8. The van der Waals surface area contributed by atoms with Crippen LogP contribution in [-0.4, -0.2) is 92.7 Å². The van der Waals surface area contributed by atoms with Gasteiger partial charge in [0.05, 0.1) is 46.0 Å². The minimum Gasteiger partial charge on any atom is -0.478 e. The van der Waals surface area contributed by atoms with Gasteiger partial charge in [-0.15, -0.1) is 12.4 Å². The van der Waals surface area contributed by atoms with Crippen LogP contribution in [0.3, 0.4) is 0 Å². The van der Waals surface area contributed by atoms with Crippen molar-refractivity contribution in [3.63, 3.8) is 0 Å². The molecule has 0 bridgehead atoms.